The highest BCUT2D eigenvalue weighted by Gasteiger charge is 2.44. The number of nitrogens with zero attached hydrogens (tertiary/aromatic N) is 1. The van der Waals surface area contributed by atoms with Gasteiger partial charge in [-0.05, 0) is 55.4 Å². The molecule has 2 amide bonds. The Labute approximate surface area is 148 Å². The van der Waals surface area contributed by atoms with Gasteiger partial charge in [-0.15, -0.1) is 0 Å². The predicted octanol–water partition coefficient (Wildman–Crippen LogP) is 2.59. The van der Waals surface area contributed by atoms with Crippen LogP contribution < -0.4 is 15.4 Å². The van der Waals surface area contributed by atoms with Gasteiger partial charge in [0.25, 0.3) is 0 Å². The van der Waals surface area contributed by atoms with Gasteiger partial charge in [-0.25, -0.2) is 4.79 Å². The van der Waals surface area contributed by atoms with Gasteiger partial charge in [0, 0.05) is 19.3 Å². The maximum Gasteiger partial charge on any atom is 0.315 e. The van der Waals surface area contributed by atoms with E-state index in [1.165, 1.54) is 12.8 Å². The lowest BCUT2D eigenvalue weighted by molar-refractivity contribution is 0.00623. The summed E-state index contributed by atoms with van der Waals surface area (Å²) in [6.07, 6.45) is 5.49. The fraction of sp³-hybridized carbons (Fsp3) is 0.579. The van der Waals surface area contributed by atoms with Crippen molar-refractivity contribution in [3.05, 3.63) is 29.8 Å². The number of amides is 2. The summed E-state index contributed by atoms with van der Waals surface area (Å²) < 4.78 is 11.1. The molecule has 1 atom stereocenters. The minimum absolute atomic E-state index is 0.124. The van der Waals surface area contributed by atoms with Crippen LogP contribution >= 0.6 is 0 Å². The van der Waals surface area contributed by atoms with E-state index in [4.69, 9.17) is 14.7 Å². The molecule has 0 radical (unpaired) electrons. The van der Waals surface area contributed by atoms with Crippen LogP contribution in [0.1, 0.15) is 37.7 Å². The van der Waals surface area contributed by atoms with Gasteiger partial charge in [-0.1, -0.05) is 6.42 Å². The number of carbonyl (C=O) groups is 1. The molecule has 2 fully saturated rings. The Balaban J connectivity index is 1.38. The van der Waals surface area contributed by atoms with Gasteiger partial charge in [0.2, 0.25) is 0 Å². The van der Waals surface area contributed by atoms with Gasteiger partial charge in [0.05, 0.1) is 18.2 Å². The first-order valence-electron chi connectivity index (χ1n) is 8.97. The number of hydrogen-bond acceptors (Lipinski definition) is 4. The van der Waals surface area contributed by atoms with Crippen molar-refractivity contribution in [2.45, 2.75) is 38.1 Å². The molecule has 25 heavy (non-hydrogen) atoms. The molecule has 1 saturated carbocycles. The molecule has 134 valence electrons. The van der Waals surface area contributed by atoms with Crippen molar-refractivity contribution >= 4 is 6.03 Å². The Kier molecular flexibility index (Phi) is 5.77. The van der Waals surface area contributed by atoms with Gasteiger partial charge in [0.1, 0.15) is 12.4 Å². The average Bonchev–Trinajstić information content (AvgIpc) is 3.01. The molecule has 1 aromatic carbocycles. The lowest BCUT2D eigenvalue weighted by Gasteiger charge is -2.39. The lowest BCUT2D eigenvalue weighted by atomic mass is 9.75. The predicted molar refractivity (Wildman–Crippen MR) is 93.3 cm³/mol. The Morgan fingerprint density at radius 2 is 2.04 bits per heavy atom. The highest BCUT2D eigenvalue weighted by molar-refractivity contribution is 5.74. The first-order valence-corrected chi connectivity index (χ1v) is 8.97. The standard InChI is InChI=1S/C19H25N3O3/c20-14-15-3-5-16(6-4-15)25-13-10-21-18(23)22-17-2-1-7-19(17)8-11-24-12-9-19/h3-6,17H,1-2,7-13H2,(H2,21,22,23)/t17-/m1/s1. The monoisotopic (exact) mass is 343 g/mol. The zero-order chi connectivity index (χ0) is 17.5. The van der Waals surface area contributed by atoms with Crippen LogP contribution in [0.3, 0.4) is 0 Å². The second kappa shape index (κ2) is 8.21. The van der Waals surface area contributed by atoms with Crippen molar-refractivity contribution < 1.29 is 14.3 Å². The van der Waals surface area contributed by atoms with Gasteiger partial charge < -0.3 is 20.1 Å². The summed E-state index contributed by atoms with van der Waals surface area (Å²) >= 11 is 0. The molecule has 6 heteroatoms. The second-order valence-electron chi connectivity index (χ2n) is 6.80. The molecular formula is C19H25N3O3. The molecule has 1 aliphatic heterocycles. The molecule has 1 aromatic rings. The zero-order valence-electron chi connectivity index (χ0n) is 14.4. The molecule has 3 rings (SSSR count). The van der Waals surface area contributed by atoms with Crippen molar-refractivity contribution in [1.82, 2.24) is 10.6 Å². The highest BCUT2D eigenvalue weighted by atomic mass is 16.5. The fourth-order valence-electron chi connectivity index (χ4n) is 3.91. The molecule has 1 spiro atoms. The molecule has 6 nitrogen and oxygen atoms in total. The number of carbonyl (C=O) groups excluding carboxylic acids is 1. The van der Waals surface area contributed by atoms with Crippen LogP contribution in [0.5, 0.6) is 5.75 Å². The molecule has 1 saturated heterocycles. The molecule has 2 N–H and O–H groups in total. The lowest BCUT2D eigenvalue weighted by Crippen LogP contribution is -2.50. The Hall–Kier alpha value is -2.26. The SMILES string of the molecule is N#Cc1ccc(OCCNC(=O)N[C@@H]2CCCC23CCOCC3)cc1. The van der Waals surface area contributed by atoms with Gasteiger partial charge in [-0.2, -0.15) is 5.26 Å². The number of urea groups is 1. The van der Waals surface area contributed by atoms with Crippen LogP contribution in [0.15, 0.2) is 24.3 Å². The molecule has 0 unspecified atom stereocenters. The van der Waals surface area contributed by atoms with Crippen LogP contribution in [-0.4, -0.2) is 38.4 Å². The van der Waals surface area contributed by atoms with Gasteiger partial charge in [0.15, 0.2) is 0 Å². The quantitative estimate of drug-likeness (QED) is 0.805. The molecule has 1 heterocycles. The Morgan fingerprint density at radius 3 is 2.76 bits per heavy atom. The number of nitrogens with one attached hydrogen (secondary N) is 2. The second-order valence-corrected chi connectivity index (χ2v) is 6.80. The molecule has 0 aromatic heterocycles. The first kappa shape index (κ1) is 17.6. The Morgan fingerprint density at radius 1 is 1.28 bits per heavy atom. The summed E-state index contributed by atoms with van der Waals surface area (Å²) in [7, 11) is 0. The highest BCUT2D eigenvalue weighted by Crippen LogP contribution is 2.45. The van der Waals surface area contributed by atoms with E-state index in [-0.39, 0.29) is 17.5 Å². The third-order valence-electron chi connectivity index (χ3n) is 5.34. The summed E-state index contributed by atoms with van der Waals surface area (Å²) in [5.41, 5.74) is 0.831. The molecule has 1 aliphatic carbocycles. The van der Waals surface area contributed by atoms with Crippen molar-refractivity contribution in [2.75, 3.05) is 26.4 Å². The fourth-order valence-corrected chi connectivity index (χ4v) is 3.91. The largest absolute Gasteiger partial charge is 0.492 e. The first-order chi connectivity index (χ1) is 12.2. The maximum atomic E-state index is 12.2. The van der Waals surface area contributed by atoms with E-state index in [0.717, 1.165) is 32.5 Å². The zero-order valence-corrected chi connectivity index (χ0v) is 14.4. The average molecular weight is 343 g/mol. The van der Waals surface area contributed by atoms with Crippen LogP contribution in [0.25, 0.3) is 0 Å². The maximum absolute atomic E-state index is 12.2. The summed E-state index contributed by atoms with van der Waals surface area (Å²) in [6.45, 7) is 2.44. The number of rotatable bonds is 5. The number of hydrogen-bond donors (Lipinski definition) is 2. The van der Waals surface area contributed by atoms with E-state index in [0.29, 0.717) is 24.5 Å². The molecule has 0 bridgehead atoms. The summed E-state index contributed by atoms with van der Waals surface area (Å²) in [5.74, 6) is 0.693. The van der Waals surface area contributed by atoms with Crippen molar-refractivity contribution in [3.63, 3.8) is 0 Å². The number of ether oxygens (including phenoxy) is 2. The third kappa shape index (κ3) is 4.43. The number of benzene rings is 1. The van der Waals surface area contributed by atoms with Crippen molar-refractivity contribution in [3.8, 4) is 11.8 Å². The minimum Gasteiger partial charge on any atom is -0.492 e. The smallest absolute Gasteiger partial charge is 0.315 e. The van der Waals surface area contributed by atoms with E-state index in [2.05, 4.69) is 16.7 Å². The van der Waals surface area contributed by atoms with Gasteiger partial charge >= 0.3 is 6.03 Å². The van der Waals surface area contributed by atoms with Gasteiger partial charge in [-0.3, -0.25) is 0 Å². The molecule has 2 aliphatic rings. The third-order valence-corrected chi connectivity index (χ3v) is 5.34. The van der Waals surface area contributed by atoms with E-state index in [1.807, 2.05) is 0 Å². The van der Waals surface area contributed by atoms with E-state index < -0.39 is 0 Å². The summed E-state index contributed by atoms with van der Waals surface area (Å²) in [6, 6.07) is 9.12. The van der Waals surface area contributed by atoms with Crippen LogP contribution in [-0.2, 0) is 4.74 Å². The van der Waals surface area contributed by atoms with E-state index in [1.54, 1.807) is 24.3 Å². The summed E-state index contributed by atoms with van der Waals surface area (Å²) in [5, 5.41) is 14.8. The minimum atomic E-state index is -0.124. The topological polar surface area (TPSA) is 83.4 Å². The molecular weight excluding hydrogens is 318 g/mol. The van der Waals surface area contributed by atoms with E-state index in [9.17, 15) is 4.79 Å². The van der Waals surface area contributed by atoms with Crippen molar-refractivity contribution in [2.24, 2.45) is 5.41 Å². The summed E-state index contributed by atoms with van der Waals surface area (Å²) in [4.78, 5) is 12.2. The van der Waals surface area contributed by atoms with E-state index >= 15 is 0 Å². The van der Waals surface area contributed by atoms with Crippen LogP contribution in [0.2, 0.25) is 0 Å². The Bertz CT molecular complexity index is 618. The number of nitriles is 1. The van der Waals surface area contributed by atoms with Crippen molar-refractivity contribution in [1.29, 1.82) is 5.26 Å². The van der Waals surface area contributed by atoms with Crippen LogP contribution in [0, 0.1) is 16.7 Å². The van der Waals surface area contributed by atoms with Crippen LogP contribution in [0.4, 0.5) is 4.79 Å². The normalized spacial score (nSPS) is 21.5.